The molecule has 1 N–H and O–H groups in total. The van der Waals surface area contributed by atoms with Crippen LogP contribution in [-0.4, -0.2) is 17.2 Å². The van der Waals surface area contributed by atoms with E-state index in [2.05, 4.69) is 0 Å². The van der Waals surface area contributed by atoms with Crippen LogP contribution in [0.1, 0.15) is 31.7 Å². The van der Waals surface area contributed by atoms with Crippen molar-refractivity contribution in [1.82, 2.24) is 0 Å². The van der Waals surface area contributed by atoms with E-state index >= 15 is 0 Å². The highest BCUT2D eigenvalue weighted by molar-refractivity contribution is 5.75. The van der Waals surface area contributed by atoms with Crippen molar-refractivity contribution in [2.24, 2.45) is 5.92 Å². The van der Waals surface area contributed by atoms with Gasteiger partial charge in [0.2, 0.25) is 0 Å². The molecule has 0 bridgehead atoms. The van der Waals surface area contributed by atoms with Gasteiger partial charge < -0.3 is 9.84 Å². The molecule has 1 aliphatic rings. The van der Waals surface area contributed by atoms with Gasteiger partial charge >= 0.3 is 5.97 Å². The number of benzene rings is 1. The fraction of sp³-hybridized carbons (Fsp3) is 0.462. The third-order valence-corrected chi connectivity index (χ3v) is 2.79. The van der Waals surface area contributed by atoms with Crippen LogP contribution >= 0.6 is 0 Å². The highest BCUT2D eigenvalue weighted by Gasteiger charge is 2.43. The average Bonchev–Trinajstić information content (AvgIpc) is 2.97. The number of hydrogen-bond donors (Lipinski definition) is 1. The molecule has 0 aromatic heterocycles. The van der Waals surface area contributed by atoms with Gasteiger partial charge in [0.15, 0.2) is 0 Å². The second kappa shape index (κ2) is 4.16. The first-order chi connectivity index (χ1) is 7.58. The second-order valence-corrected chi connectivity index (χ2v) is 4.52. The summed E-state index contributed by atoms with van der Waals surface area (Å²) in [6.45, 7) is 3.96. The van der Waals surface area contributed by atoms with Crippen LogP contribution in [0.15, 0.2) is 24.3 Å². The molecule has 1 fully saturated rings. The van der Waals surface area contributed by atoms with Crippen molar-refractivity contribution in [2.45, 2.75) is 32.3 Å². The topological polar surface area (TPSA) is 46.5 Å². The summed E-state index contributed by atoms with van der Waals surface area (Å²) < 4.78 is 5.53. The summed E-state index contributed by atoms with van der Waals surface area (Å²) in [6.07, 6.45) is 0.929. The summed E-state index contributed by atoms with van der Waals surface area (Å²) in [4.78, 5) is 10.7. The molecule has 0 aliphatic heterocycles. The summed E-state index contributed by atoms with van der Waals surface area (Å²) in [5.41, 5.74) is 1.10. The third kappa shape index (κ3) is 2.35. The minimum absolute atomic E-state index is 0.165. The van der Waals surface area contributed by atoms with Crippen LogP contribution in [0.3, 0.4) is 0 Å². The van der Waals surface area contributed by atoms with Crippen molar-refractivity contribution in [3.63, 3.8) is 0 Å². The molecule has 16 heavy (non-hydrogen) atoms. The monoisotopic (exact) mass is 220 g/mol. The maximum atomic E-state index is 10.7. The van der Waals surface area contributed by atoms with Gasteiger partial charge in [-0.05, 0) is 43.9 Å². The van der Waals surface area contributed by atoms with Crippen LogP contribution in [0.2, 0.25) is 0 Å². The van der Waals surface area contributed by atoms with Gasteiger partial charge in [-0.15, -0.1) is 0 Å². The van der Waals surface area contributed by atoms with Gasteiger partial charge in [0, 0.05) is 0 Å². The molecule has 1 aromatic carbocycles. The largest absolute Gasteiger partial charge is 0.491 e. The van der Waals surface area contributed by atoms with Gasteiger partial charge in [-0.1, -0.05) is 12.1 Å². The average molecular weight is 220 g/mol. The minimum Gasteiger partial charge on any atom is -0.491 e. The van der Waals surface area contributed by atoms with Crippen LogP contribution < -0.4 is 4.74 Å². The Kier molecular flexibility index (Phi) is 2.86. The van der Waals surface area contributed by atoms with Crippen molar-refractivity contribution in [3.8, 4) is 5.75 Å². The summed E-state index contributed by atoms with van der Waals surface area (Å²) >= 11 is 0. The minimum atomic E-state index is -0.687. The molecule has 3 nitrogen and oxygen atoms in total. The van der Waals surface area contributed by atoms with Gasteiger partial charge in [0.05, 0.1) is 12.0 Å². The Bertz CT molecular complexity index is 381. The van der Waals surface area contributed by atoms with E-state index in [1.54, 1.807) is 0 Å². The number of aliphatic carboxylic acids is 1. The van der Waals surface area contributed by atoms with Crippen LogP contribution in [0.4, 0.5) is 0 Å². The Labute approximate surface area is 95.0 Å². The summed E-state index contributed by atoms with van der Waals surface area (Å²) in [5, 5.41) is 8.83. The molecule has 1 aromatic rings. The molecule has 2 atom stereocenters. The molecule has 0 heterocycles. The number of ether oxygens (including phenoxy) is 1. The van der Waals surface area contributed by atoms with Crippen LogP contribution in [0.25, 0.3) is 0 Å². The third-order valence-electron chi connectivity index (χ3n) is 2.79. The van der Waals surface area contributed by atoms with Crippen LogP contribution in [-0.2, 0) is 4.79 Å². The summed E-state index contributed by atoms with van der Waals surface area (Å²) in [6, 6.07) is 7.75. The van der Waals surface area contributed by atoms with E-state index in [0.29, 0.717) is 0 Å². The second-order valence-electron chi connectivity index (χ2n) is 4.52. The maximum Gasteiger partial charge on any atom is 0.307 e. The van der Waals surface area contributed by atoms with Gasteiger partial charge in [-0.25, -0.2) is 0 Å². The number of rotatable bonds is 4. The quantitative estimate of drug-likeness (QED) is 0.848. The zero-order chi connectivity index (χ0) is 11.7. The SMILES string of the molecule is CC(C)Oc1ccc(C2CC2C(=O)O)cc1. The van der Waals surface area contributed by atoms with E-state index in [4.69, 9.17) is 9.84 Å². The lowest BCUT2D eigenvalue weighted by atomic mass is 10.1. The molecule has 1 aliphatic carbocycles. The predicted molar refractivity (Wildman–Crippen MR) is 60.7 cm³/mol. The lowest BCUT2D eigenvalue weighted by Crippen LogP contribution is -2.05. The number of carbonyl (C=O) groups is 1. The molecular weight excluding hydrogens is 204 g/mol. The van der Waals surface area contributed by atoms with Crippen molar-refractivity contribution in [2.75, 3.05) is 0 Å². The Balaban J connectivity index is 2.01. The molecule has 2 unspecified atom stereocenters. The normalized spacial score (nSPS) is 23.2. The van der Waals surface area contributed by atoms with Gasteiger partial charge in [0.25, 0.3) is 0 Å². The Morgan fingerprint density at radius 1 is 1.38 bits per heavy atom. The van der Waals surface area contributed by atoms with E-state index in [9.17, 15) is 4.79 Å². The molecule has 0 amide bonds. The maximum absolute atomic E-state index is 10.7. The van der Waals surface area contributed by atoms with Gasteiger partial charge in [-0.2, -0.15) is 0 Å². The Hall–Kier alpha value is -1.51. The zero-order valence-electron chi connectivity index (χ0n) is 9.51. The van der Waals surface area contributed by atoms with E-state index in [1.807, 2.05) is 38.1 Å². The van der Waals surface area contributed by atoms with Crippen molar-refractivity contribution in [3.05, 3.63) is 29.8 Å². The van der Waals surface area contributed by atoms with E-state index in [-0.39, 0.29) is 17.9 Å². The first-order valence-electron chi connectivity index (χ1n) is 5.57. The molecule has 2 rings (SSSR count). The number of carboxylic acid groups (broad SMARTS) is 1. The first-order valence-corrected chi connectivity index (χ1v) is 5.57. The van der Waals surface area contributed by atoms with Crippen LogP contribution in [0, 0.1) is 5.92 Å². The molecule has 0 saturated heterocycles. The van der Waals surface area contributed by atoms with E-state index in [0.717, 1.165) is 17.7 Å². The van der Waals surface area contributed by atoms with Crippen LogP contribution in [0.5, 0.6) is 5.75 Å². The zero-order valence-corrected chi connectivity index (χ0v) is 9.51. The fourth-order valence-electron chi connectivity index (χ4n) is 1.90. The lowest BCUT2D eigenvalue weighted by Gasteiger charge is -2.09. The molecule has 0 spiro atoms. The predicted octanol–water partition coefficient (Wildman–Crippen LogP) is 2.66. The summed E-state index contributed by atoms with van der Waals surface area (Å²) in [7, 11) is 0. The van der Waals surface area contributed by atoms with Gasteiger partial charge in [0.1, 0.15) is 5.75 Å². The lowest BCUT2D eigenvalue weighted by molar-refractivity contribution is -0.138. The highest BCUT2D eigenvalue weighted by atomic mass is 16.5. The standard InChI is InChI=1S/C13H16O3/c1-8(2)16-10-5-3-9(4-6-10)11-7-12(11)13(14)15/h3-6,8,11-12H,7H2,1-2H3,(H,14,15). The Morgan fingerprint density at radius 3 is 2.44 bits per heavy atom. The Morgan fingerprint density at radius 2 is 2.00 bits per heavy atom. The van der Waals surface area contributed by atoms with Gasteiger partial charge in [-0.3, -0.25) is 4.79 Å². The van der Waals surface area contributed by atoms with Crippen molar-refractivity contribution < 1.29 is 14.6 Å². The smallest absolute Gasteiger partial charge is 0.307 e. The summed E-state index contributed by atoms with van der Waals surface area (Å²) in [5.74, 6) is 0.168. The molecule has 3 heteroatoms. The number of carboxylic acids is 1. The molecule has 1 saturated carbocycles. The van der Waals surface area contributed by atoms with Crippen molar-refractivity contribution in [1.29, 1.82) is 0 Å². The molecule has 0 radical (unpaired) electrons. The molecule has 86 valence electrons. The highest BCUT2D eigenvalue weighted by Crippen LogP contribution is 2.47. The molecular formula is C13H16O3. The van der Waals surface area contributed by atoms with E-state index < -0.39 is 5.97 Å². The fourth-order valence-corrected chi connectivity index (χ4v) is 1.90. The van der Waals surface area contributed by atoms with E-state index in [1.165, 1.54) is 0 Å². The first kappa shape index (κ1) is 11.0. The number of hydrogen-bond acceptors (Lipinski definition) is 2. The van der Waals surface area contributed by atoms with Crippen molar-refractivity contribution >= 4 is 5.97 Å².